The number of anilines is 1. The molecule has 1 aromatic heterocycles. The second kappa shape index (κ2) is 11.0. The molecule has 0 bridgehead atoms. The van der Waals surface area contributed by atoms with Crippen molar-refractivity contribution in [3.63, 3.8) is 0 Å². The number of alkyl carbamates (subject to hydrolysis) is 1. The predicted molar refractivity (Wildman–Crippen MR) is 147 cm³/mol. The van der Waals surface area contributed by atoms with Crippen LogP contribution in [0, 0.1) is 10.8 Å². The topological polar surface area (TPSA) is 112 Å². The van der Waals surface area contributed by atoms with Gasteiger partial charge in [-0.15, -0.1) is 0 Å². The van der Waals surface area contributed by atoms with Crippen LogP contribution in [0.15, 0.2) is 51.3 Å². The molecule has 2 aliphatic heterocycles. The molecule has 3 heterocycles. The lowest BCUT2D eigenvalue weighted by Crippen LogP contribution is -2.55. The van der Waals surface area contributed by atoms with Crippen LogP contribution in [-0.2, 0) is 9.47 Å². The molecule has 1 amide bonds. The Hall–Kier alpha value is -2.56. The third kappa shape index (κ3) is 6.30. The Labute approximate surface area is 227 Å². The maximum Gasteiger partial charge on any atom is 0.407 e. The second-order valence-electron chi connectivity index (χ2n) is 10.6. The Morgan fingerprint density at radius 2 is 2.03 bits per heavy atom. The van der Waals surface area contributed by atoms with Crippen molar-refractivity contribution in [2.24, 2.45) is 5.41 Å². The van der Waals surface area contributed by atoms with Crippen LogP contribution in [0.1, 0.15) is 40.5 Å². The third-order valence-corrected chi connectivity index (χ3v) is 8.28. The summed E-state index contributed by atoms with van der Waals surface area (Å²) in [4.78, 5) is 24.8. The molecule has 2 atom stereocenters. The van der Waals surface area contributed by atoms with Crippen molar-refractivity contribution in [2.45, 2.75) is 63.3 Å². The van der Waals surface area contributed by atoms with E-state index in [4.69, 9.17) is 26.5 Å². The van der Waals surface area contributed by atoms with Gasteiger partial charge in [-0.2, -0.15) is 0 Å². The minimum atomic E-state index is -0.545. The van der Waals surface area contributed by atoms with Gasteiger partial charge >= 0.3 is 6.09 Å². The molecule has 0 aromatic carbocycles. The highest BCUT2D eigenvalue weighted by Gasteiger charge is 2.50. The average Bonchev–Trinajstić information content (AvgIpc) is 3.13. The molecule has 1 spiro atoms. The lowest BCUT2D eigenvalue weighted by Gasteiger charge is -2.42. The van der Waals surface area contributed by atoms with Gasteiger partial charge < -0.3 is 30.4 Å². The molecule has 0 radical (unpaired) electrons. The van der Waals surface area contributed by atoms with E-state index in [0.29, 0.717) is 22.9 Å². The Morgan fingerprint density at radius 3 is 2.65 bits per heavy atom. The quantitative estimate of drug-likeness (QED) is 0.491. The lowest BCUT2D eigenvalue weighted by molar-refractivity contribution is 0.0434. The van der Waals surface area contributed by atoms with Crippen LogP contribution in [0.25, 0.3) is 0 Å². The molecule has 0 unspecified atom stereocenters. The molecule has 11 heteroatoms. The van der Waals surface area contributed by atoms with E-state index >= 15 is 0 Å². The van der Waals surface area contributed by atoms with Gasteiger partial charge in [-0.05, 0) is 52.7 Å². The Kier molecular flexibility index (Phi) is 8.20. The largest absolute Gasteiger partial charge is 0.444 e. The number of amides is 1. The van der Waals surface area contributed by atoms with Gasteiger partial charge in [-0.3, -0.25) is 0 Å². The number of allylic oxidation sites excluding steroid dienone is 4. The number of carbonyl (C=O) groups is 1. The number of nitrogens with zero attached hydrogens (tertiary/aromatic N) is 3. The summed E-state index contributed by atoms with van der Waals surface area (Å²) in [5.74, 6) is 0.819. The van der Waals surface area contributed by atoms with Crippen LogP contribution in [0.3, 0.4) is 0 Å². The summed E-state index contributed by atoms with van der Waals surface area (Å²) < 4.78 is 11.5. The number of ether oxygens (including phenoxy) is 2. The van der Waals surface area contributed by atoms with Gasteiger partial charge in [0, 0.05) is 42.2 Å². The number of halogens is 1. The fourth-order valence-corrected chi connectivity index (χ4v) is 6.00. The summed E-state index contributed by atoms with van der Waals surface area (Å²) in [5.41, 5.74) is 0.332. The minimum absolute atomic E-state index is 0.0719. The molecule has 2 fully saturated rings. The average molecular weight is 547 g/mol. The maximum absolute atomic E-state index is 12.5. The zero-order chi connectivity index (χ0) is 26.8. The van der Waals surface area contributed by atoms with E-state index in [1.807, 2.05) is 33.8 Å². The van der Waals surface area contributed by atoms with Crippen LogP contribution in [0.4, 0.5) is 10.6 Å². The standard InChI is InChI=1S/C26H35ClN6O3S/c1-16-23(32-24(34)36-25(2,3)4)26(15-35-16)8-10-33(11-9-26)20-13-31-21(14-30-20)37-19-7-6-18(28)17(12-29-5)22(19)27/h6-7,12-14,16,23,28-29H,8-11,15H2,1-5H3,(H,32,34)/b17-12+,28-18?/t16-,23+/m0/s1. The zero-order valence-corrected chi connectivity index (χ0v) is 23.5. The number of aromatic nitrogens is 2. The number of hydrogen-bond acceptors (Lipinski definition) is 9. The van der Waals surface area contributed by atoms with Gasteiger partial charge in [-0.25, -0.2) is 14.8 Å². The summed E-state index contributed by atoms with van der Waals surface area (Å²) in [6.07, 6.45) is 10.1. The van der Waals surface area contributed by atoms with Gasteiger partial charge in [0.05, 0.1) is 41.9 Å². The van der Waals surface area contributed by atoms with E-state index in [9.17, 15) is 4.79 Å². The molecular weight excluding hydrogens is 512 g/mol. The third-order valence-electron chi connectivity index (χ3n) is 6.78. The van der Waals surface area contributed by atoms with E-state index in [1.54, 1.807) is 31.7 Å². The van der Waals surface area contributed by atoms with Gasteiger partial charge in [-0.1, -0.05) is 23.4 Å². The molecule has 9 nitrogen and oxygen atoms in total. The van der Waals surface area contributed by atoms with E-state index < -0.39 is 11.7 Å². The minimum Gasteiger partial charge on any atom is -0.444 e. The van der Waals surface area contributed by atoms with E-state index in [0.717, 1.165) is 41.7 Å². The number of hydrogen-bond donors (Lipinski definition) is 3. The van der Waals surface area contributed by atoms with Crippen LogP contribution < -0.4 is 15.5 Å². The molecular formula is C26H35ClN6O3S. The van der Waals surface area contributed by atoms with E-state index in [2.05, 4.69) is 25.5 Å². The first-order valence-electron chi connectivity index (χ1n) is 12.4. The Morgan fingerprint density at radius 1 is 1.30 bits per heavy atom. The molecule has 1 aromatic rings. The summed E-state index contributed by atoms with van der Waals surface area (Å²) in [6, 6.07) is -0.0979. The first-order chi connectivity index (χ1) is 17.5. The predicted octanol–water partition coefficient (Wildman–Crippen LogP) is 4.61. The highest BCUT2D eigenvalue weighted by atomic mass is 35.5. The molecule has 37 heavy (non-hydrogen) atoms. The van der Waals surface area contributed by atoms with Crippen molar-refractivity contribution < 1.29 is 14.3 Å². The monoisotopic (exact) mass is 546 g/mol. The van der Waals surface area contributed by atoms with Crippen molar-refractivity contribution in [3.8, 4) is 0 Å². The molecule has 1 aliphatic carbocycles. The second-order valence-corrected chi connectivity index (χ2v) is 12.0. The SMILES string of the molecule is CN/C=C1\C(=N)C=CC(Sc2cnc(N3CCC4(CC3)CO[C@@H](C)[C@H]4NC(=O)OC(C)(C)C)cn2)=C1Cl. The van der Waals surface area contributed by atoms with Gasteiger partial charge in [0.2, 0.25) is 0 Å². The molecule has 200 valence electrons. The van der Waals surface area contributed by atoms with E-state index in [-0.39, 0.29) is 17.6 Å². The van der Waals surface area contributed by atoms with E-state index in [1.165, 1.54) is 11.8 Å². The first kappa shape index (κ1) is 27.5. The van der Waals surface area contributed by atoms with Crippen LogP contribution in [-0.4, -0.2) is 66.3 Å². The number of carbonyl (C=O) groups excluding carboxylic acids is 1. The Balaban J connectivity index is 1.38. The number of piperidine rings is 1. The molecule has 4 rings (SSSR count). The first-order valence-corrected chi connectivity index (χ1v) is 13.6. The highest BCUT2D eigenvalue weighted by Crippen LogP contribution is 2.43. The van der Waals surface area contributed by atoms with Crippen molar-refractivity contribution >= 4 is 41.0 Å². The molecule has 0 saturated carbocycles. The molecule has 3 aliphatic rings. The van der Waals surface area contributed by atoms with Crippen molar-refractivity contribution in [2.75, 3.05) is 31.6 Å². The van der Waals surface area contributed by atoms with Gasteiger partial charge in [0.25, 0.3) is 0 Å². The fraction of sp³-hybridized carbons (Fsp3) is 0.538. The maximum atomic E-state index is 12.5. The molecule has 2 saturated heterocycles. The van der Waals surface area contributed by atoms with Gasteiger partial charge in [0.15, 0.2) is 0 Å². The van der Waals surface area contributed by atoms with Crippen LogP contribution >= 0.6 is 23.4 Å². The Bertz CT molecular complexity index is 1120. The summed E-state index contributed by atoms with van der Waals surface area (Å²) in [6.45, 7) is 9.81. The summed E-state index contributed by atoms with van der Waals surface area (Å²) in [5, 5.41) is 15.3. The smallest absolute Gasteiger partial charge is 0.407 e. The lowest BCUT2D eigenvalue weighted by atomic mass is 9.73. The zero-order valence-electron chi connectivity index (χ0n) is 21.9. The summed E-state index contributed by atoms with van der Waals surface area (Å²) >= 11 is 7.95. The molecule has 3 N–H and O–H groups in total. The number of thioether (sulfide) groups is 1. The van der Waals surface area contributed by atoms with Crippen molar-refractivity contribution in [3.05, 3.63) is 46.3 Å². The highest BCUT2D eigenvalue weighted by molar-refractivity contribution is 8.03. The fourth-order valence-electron chi connectivity index (χ4n) is 4.90. The van der Waals surface area contributed by atoms with Crippen LogP contribution in [0.5, 0.6) is 0 Å². The van der Waals surface area contributed by atoms with Gasteiger partial charge in [0.1, 0.15) is 16.4 Å². The van der Waals surface area contributed by atoms with Crippen molar-refractivity contribution in [1.29, 1.82) is 5.41 Å². The summed E-state index contributed by atoms with van der Waals surface area (Å²) in [7, 11) is 1.78. The number of nitrogens with one attached hydrogen (secondary N) is 3. The van der Waals surface area contributed by atoms with Crippen LogP contribution in [0.2, 0.25) is 0 Å². The normalized spacial score (nSPS) is 24.6. The van der Waals surface area contributed by atoms with Crippen molar-refractivity contribution in [1.82, 2.24) is 20.6 Å². The number of rotatable bonds is 5.